The molecule has 1 fully saturated rings. The Morgan fingerprint density at radius 2 is 2.40 bits per heavy atom. The zero-order valence-corrected chi connectivity index (χ0v) is 10.5. The zero-order chi connectivity index (χ0) is 10.5. The average molecular weight is 244 g/mol. The van der Waals surface area contributed by atoms with Gasteiger partial charge in [-0.2, -0.15) is 11.3 Å². The van der Waals surface area contributed by atoms with E-state index in [9.17, 15) is 0 Å². The molecule has 2 unspecified atom stereocenters. The normalized spacial score (nSPS) is 25.9. The molecule has 1 heterocycles. The molecule has 1 aromatic heterocycles. The summed E-state index contributed by atoms with van der Waals surface area (Å²) in [6, 6.07) is 2.88. The summed E-state index contributed by atoms with van der Waals surface area (Å²) >= 11 is 7.72. The van der Waals surface area contributed by atoms with Gasteiger partial charge < -0.3 is 5.32 Å². The van der Waals surface area contributed by atoms with Gasteiger partial charge in [0.2, 0.25) is 0 Å². The van der Waals surface area contributed by atoms with Crippen molar-refractivity contribution in [1.82, 2.24) is 5.32 Å². The highest BCUT2D eigenvalue weighted by Gasteiger charge is 2.25. The summed E-state index contributed by atoms with van der Waals surface area (Å²) in [5.74, 6) is 1.52. The fourth-order valence-corrected chi connectivity index (χ4v) is 3.40. The highest BCUT2D eigenvalue weighted by atomic mass is 35.5. The number of hydrogen-bond donors (Lipinski definition) is 1. The third-order valence-electron chi connectivity index (χ3n) is 3.26. The van der Waals surface area contributed by atoms with Gasteiger partial charge in [0.05, 0.1) is 0 Å². The van der Waals surface area contributed by atoms with Gasteiger partial charge in [-0.25, -0.2) is 0 Å². The van der Waals surface area contributed by atoms with E-state index in [1.807, 2.05) is 0 Å². The summed E-state index contributed by atoms with van der Waals surface area (Å²) < 4.78 is 0. The standard InChI is InChI=1S/C12H18ClNS/c13-8-11-2-1-3-12(11)14-6-4-10-5-7-15-9-10/h5,7,9,11-12,14H,1-4,6,8H2. The SMILES string of the molecule is ClCC1CCCC1NCCc1ccsc1. The lowest BCUT2D eigenvalue weighted by molar-refractivity contribution is 0.434. The first-order valence-electron chi connectivity index (χ1n) is 5.70. The first-order chi connectivity index (χ1) is 7.40. The van der Waals surface area contributed by atoms with Gasteiger partial charge in [-0.15, -0.1) is 11.6 Å². The van der Waals surface area contributed by atoms with Crippen molar-refractivity contribution >= 4 is 22.9 Å². The van der Waals surface area contributed by atoms with E-state index in [2.05, 4.69) is 22.1 Å². The molecule has 1 aliphatic carbocycles. The van der Waals surface area contributed by atoms with Crippen molar-refractivity contribution in [3.8, 4) is 0 Å². The van der Waals surface area contributed by atoms with Gasteiger partial charge in [-0.05, 0) is 54.1 Å². The Balaban J connectivity index is 1.69. The van der Waals surface area contributed by atoms with Gasteiger partial charge in [-0.1, -0.05) is 6.42 Å². The molecule has 0 spiro atoms. The van der Waals surface area contributed by atoms with Crippen molar-refractivity contribution in [3.05, 3.63) is 22.4 Å². The van der Waals surface area contributed by atoms with Crippen LogP contribution in [0.15, 0.2) is 16.8 Å². The minimum Gasteiger partial charge on any atom is -0.313 e. The van der Waals surface area contributed by atoms with Gasteiger partial charge >= 0.3 is 0 Å². The number of hydrogen-bond acceptors (Lipinski definition) is 2. The van der Waals surface area contributed by atoms with Crippen LogP contribution >= 0.6 is 22.9 Å². The van der Waals surface area contributed by atoms with Gasteiger partial charge in [0.25, 0.3) is 0 Å². The Hall–Kier alpha value is -0.0500. The predicted octanol–water partition coefficient (Wildman–Crippen LogP) is 3.29. The predicted molar refractivity (Wildman–Crippen MR) is 67.9 cm³/mol. The molecule has 1 N–H and O–H groups in total. The molecule has 1 aromatic rings. The second kappa shape index (κ2) is 5.88. The van der Waals surface area contributed by atoms with E-state index < -0.39 is 0 Å². The van der Waals surface area contributed by atoms with Crippen molar-refractivity contribution < 1.29 is 0 Å². The summed E-state index contributed by atoms with van der Waals surface area (Å²) in [5, 5.41) is 8.02. The summed E-state index contributed by atoms with van der Waals surface area (Å²) in [5.41, 5.74) is 1.45. The van der Waals surface area contributed by atoms with Crippen molar-refractivity contribution in [3.63, 3.8) is 0 Å². The molecular weight excluding hydrogens is 226 g/mol. The number of alkyl halides is 1. The van der Waals surface area contributed by atoms with Crippen LogP contribution < -0.4 is 5.32 Å². The van der Waals surface area contributed by atoms with E-state index in [1.165, 1.54) is 24.8 Å². The first-order valence-corrected chi connectivity index (χ1v) is 7.18. The van der Waals surface area contributed by atoms with Crippen LogP contribution in [-0.4, -0.2) is 18.5 Å². The molecule has 1 saturated carbocycles. The topological polar surface area (TPSA) is 12.0 Å². The van der Waals surface area contributed by atoms with Crippen LogP contribution in [0.1, 0.15) is 24.8 Å². The molecule has 0 bridgehead atoms. The van der Waals surface area contributed by atoms with E-state index in [4.69, 9.17) is 11.6 Å². The van der Waals surface area contributed by atoms with Gasteiger partial charge in [-0.3, -0.25) is 0 Å². The smallest absolute Gasteiger partial charge is 0.0266 e. The third-order valence-corrected chi connectivity index (χ3v) is 4.39. The monoisotopic (exact) mass is 243 g/mol. The van der Waals surface area contributed by atoms with E-state index in [0.717, 1.165) is 18.8 Å². The molecule has 3 heteroatoms. The Morgan fingerprint density at radius 3 is 3.13 bits per heavy atom. The molecule has 84 valence electrons. The van der Waals surface area contributed by atoms with Crippen LogP contribution in [-0.2, 0) is 6.42 Å². The maximum absolute atomic E-state index is 5.94. The molecule has 1 nitrogen and oxygen atoms in total. The molecule has 2 atom stereocenters. The molecule has 0 radical (unpaired) electrons. The lowest BCUT2D eigenvalue weighted by Crippen LogP contribution is -2.34. The second-order valence-electron chi connectivity index (χ2n) is 4.29. The molecule has 0 aromatic carbocycles. The van der Waals surface area contributed by atoms with E-state index >= 15 is 0 Å². The second-order valence-corrected chi connectivity index (χ2v) is 5.38. The fraction of sp³-hybridized carbons (Fsp3) is 0.667. The minimum absolute atomic E-state index is 0.668. The Bertz CT molecular complexity index is 273. The summed E-state index contributed by atoms with van der Waals surface area (Å²) in [4.78, 5) is 0. The van der Waals surface area contributed by atoms with Crippen molar-refractivity contribution in [2.24, 2.45) is 5.92 Å². The molecule has 0 aliphatic heterocycles. The lowest BCUT2D eigenvalue weighted by Gasteiger charge is -2.18. The minimum atomic E-state index is 0.668. The van der Waals surface area contributed by atoms with Crippen LogP contribution in [0.2, 0.25) is 0 Å². The molecule has 15 heavy (non-hydrogen) atoms. The van der Waals surface area contributed by atoms with Crippen LogP contribution in [0.4, 0.5) is 0 Å². The van der Waals surface area contributed by atoms with Crippen LogP contribution in [0.25, 0.3) is 0 Å². The maximum Gasteiger partial charge on any atom is 0.0266 e. The molecule has 0 saturated heterocycles. The van der Waals surface area contributed by atoms with Gasteiger partial charge in [0.1, 0.15) is 0 Å². The molecule has 2 rings (SSSR count). The van der Waals surface area contributed by atoms with Crippen LogP contribution in [0.3, 0.4) is 0 Å². The Labute approximate surface area is 101 Å². The number of rotatable bonds is 5. The van der Waals surface area contributed by atoms with Crippen LogP contribution in [0.5, 0.6) is 0 Å². The number of halogens is 1. The Morgan fingerprint density at radius 1 is 1.47 bits per heavy atom. The highest BCUT2D eigenvalue weighted by Crippen LogP contribution is 2.26. The summed E-state index contributed by atoms with van der Waals surface area (Å²) in [7, 11) is 0. The van der Waals surface area contributed by atoms with E-state index in [1.54, 1.807) is 11.3 Å². The highest BCUT2D eigenvalue weighted by molar-refractivity contribution is 7.07. The average Bonchev–Trinajstić information content (AvgIpc) is 2.88. The maximum atomic E-state index is 5.94. The third kappa shape index (κ3) is 3.20. The van der Waals surface area contributed by atoms with Gasteiger partial charge in [0.15, 0.2) is 0 Å². The van der Waals surface area contributed by atoms with Crippen molar-refractivity contribution in [1.29, 1.82) is 0 Å². The summed E-state index contributed by atoms with van der Waals surface area (Å²) in [6.07, 6.45) is 5.10. The van der Waals surface area contributed by atoms with Crippen molar-refractivity contribution in [2.75, 3.05) is 12.4 Å². The Kier molecular flexibility index (Phi) is 4.48. The number of nitrogens with one attached hydrogen (secondary N) is 1. The summed E-state index contributed by atoms with van der Waals surface area (Å²) in [6.45, 7) is 1.09. The molecular formula is C12H18ClNS. The quantitative estimate of drug-likeness (QED) is 0.783. The molecule has 0 amide bonds. The zero-order valence-electron chi connectivity index (χ0n) is 8.92. The largest absolute Gasteiger partial charge is 0.313 e. The van der Waals surface area contributed by atoms with Crippen molar-refractivity contribution in [2.45, 2.75) is 31.7 Å². The van der Waals surface area contributed by atoms with E-state index in [0.29, 0.717) is 12.0 Å². The first kappa shape index (κ1) is 11.4. The number of thiophene rings is 1. The van der Waals surface area contributed by atoms with E-state index in [-0.39, 0.29) is 0 Å². The van der Waals surface area contributed by atoms with Crippen LogP contribution in [0, 0.1) is 5.92 Å². The van der Waals surface area contributed by atoms with Gasteiger partial charge in [0, 0.05) is 11.9 Å². The molecule has 1 aliphatic rings. The fourth-order valence-electron chi connectivity index (χ4n) is 2.33. The lowest BCUT2D eigenvalue weighted by atomic mass is 10.1.